The first-order valence-corrected chi connectivity index (χ1v) is 7.95. The summed E-state index contributed by atoms with van der Waals surface area (Å²) in [6, 6.07) is 11.3. The molecule has 1 aromatic heterocycles. The maximum atomic E-state index is 11.3. The van der Waals surface area contributed by atoms with Crippen molar-refractivity contribution in [3.63, 3.8) is 0 Å². The number of rotatable bonds is 4. The number of carbonyl (C=O) groups is 1. The number of methoxy groups -OCH3 is 2. The van der Waals surface area contributed by atoms with Gasteiger partial charge in [0.05, 0.1) is 14.2 Å². The molecule has 0 saturated carbocycles. The van der Waals surface area contributed by atoms with Gasteiger partial charge in [-0.25, -0.2) is 4.79 Å². The average molecular weight is 352 g/mol. The highest BCUT2D eigenvalue weighted by Gasteiger charge is 2.17. The predicted molar refractivity (Wildman–Crippen MR) is 95.4 cm³/mol. The van der Waals surface area contributed by atoms with E-state index in [-0.39, 0.29) is 6.79 Å². The number of fused-ring (bicyclic) bond motifs is 2. The van der Waals surface area contributed by atoms with Gasteiger partial charge in [-0.15, -0.1) is 0 Å². The standard InChI is InChI=1S/C20H16O6/c1-22-18-8-12(3-6-19(21)23-2)7-14-10-16(26-20(14)18)13-4-5-15-17(9-13)25-11-24-15/h3-10H,11H2,1-2H3/b6-3+. The highest BCUT2D eigenvalue weighted by molar-refractivity contribution is 5.92. The molecule has 0 radical (unpaired) electrons. The molecule has 2 aromatic carbocycles. The summed E-state index contributed by atoms with van der Waals surface area (Å²) < 4.78 is 26.8. The van der Waals surface area contributed by atoms with Crippen molar-refractivity contribution in [3.8, 4) is 28.6 Å². The lowest BCUT2D eigenvalue weighted by molar-refractivity contribution is -0.134. The van der Waals surface area contributed by atoms with Gasteiger partial charge < -0.3 is 23.4 Å². The molecule has 0 aliphatic carbocycles. The summed E-state index contributed by atoms with van der Waals surface area (Å²) in [6.45, 7) is 0.225. The highest BCUT2D eigenvalue weighted by Crippen LogP contribution is 2.39. The van der Waals surface area contributed by atoms with Gasteiger partial charge in [0.15, 0.2) is 22.8 Å². The molecule has 0 atom stereocenters. The van der Waals surface area contributed by atoms with E-state index in [0.717, 1.165) is 22.3 Å². The summed E-state index contributed by atoms with van der Waals surface area (Å²) in [4.78, 5) is 11.3. The van der Waals surface area contributed by atoms with E-state index in [1.807, 2.05) is 30.3 Å². The largest absolute Gasteiger partial charge is 0.493 e. The molecule has 6 heteroatoms. The second kappa shape index (κ2) is 6.48. The van der Waals surface area contributed by atoms with Crippen molar-refractivity contribution in [2.45, 2.75) is 0 Å². The van der Waals surface area contributed by atoms with Crippen LogP contribution in [-0.4, -0.2) is 27.0 Å². The van der Waals surface area contributed by atoms with E-state index in [2.05, 4.69) is 4.74 Å². The van der Waals surface area contributed by atoms with Gasteiger partial charge in [0, 0.05) is 17.0 Å². The zero-order valence-electron chi connectivity index (χ0n) is 14.3. The topological polar surface area (TPSA) is 67.1 Å². The summed E-state index contributed by atoms with van der Waals surface area (Å²) >= 11 is 0. The Morgan fingerprint density at radius 2 is 1.92 bits per heavy atom. The minimum absolute atomic E-state index is 0.225. The van der Waals surface area contributed by atoms with Gasteiger partial charge in [-0.3, -0.25) is 0 Å². The smallest absolute Gasteiger partial charge is 0.330 e. The number of furan rings is 1. The number of esters is 1. The number of benzene rings is 2. The van der Waals surface area contributed by atoms with Crippen LogP contribution in [0.1, 0.15) is 5.56 Å². The third kappa shape index (κ3) is 2.86. The Labute approximate surface area is 149 Å². The number of hydrogen-bond acceptors (Lipinski definition) is 6. The van der Waals surface area contributed by atoms with Crippen LogP contribution in [0.2, 0.25) is 0 Å². The fourth-order valence-corrected chi connectivity index (χ4v) is 2.82. The van der Waals surface area contributed by atoms with E-state index in [1.54, 1.807) is 19.3 Å². The van der Waals surface area contributed by atoms with E-state index < -0.39 is 5.97 Å². The molecule has 0 saturated heterocycles. The van der Waals surface area contributed by atoms with Gasteiger partial charge in [-0.2, -0.15) is 0 Å². The Hall–Kier alpha value is -3.41. The molecule has 132 valence electrons. The van der Waals surface area contributed by atoms with Crippen LogP contribution >= 0.6 is 0 Å². The number of carbonyl (C=O) groups excluding carboxylic acids is 1. The van der Waals surface area contributed by atoms with Crippen LogP contribution in [0.4, 0.5) is 0 Å². The van der Waals surface area contributed by atoms with E-state index in [4.69, 9.17) is 18.6 Å². The van der Waals surface area contributed by atoms with Gasteiger partial charge >= 0.3 is 5.97 Å². The fraction of sp³-hybridized carbons (Fsp3) is 0.150. The second-order valence-corrected chi connectivity index (χ2v) is 5.68. The van der Waals surface area contributed by atoms with E-state index in [1.165, 1.54) is 13.2 Å². The summed E-state index contributed by atoms with van der Waals surface area (Å²) in [5.74, 6) is 2.26. The molecule has 0 spiro atoms. The third-order valence-corrected chi connectivity index (χ3v) is 4.09. The van der Waals surface area contributed by atoms with E-state index in [9.17, 15) is 4.79 Å². The van der Waals surface area contributed by atoms with Crippen LogP contribution in [0.5, 0.6) is 17.2 Å². The van der Waals surface area contributed by atoms with Crippen molar-refractivity contribution in [1.82, 2.24) is 0 Å². The quantitative estimate of drug-likeness (QED) is 0.522. The lowest BCUT2D eigenvalue weighted by Gasteiger charge is -2.02. The van der Waals surface area contributed by atoms with Crippen molar-refractivity contribution < 1.29 is 28.2 Å². The third-order valence-electron chi connectivity index (χ3n) is 4.09. The Balaban J connectivity index is 1.76. The van der Waals surface area contributed by atoms with Crippen molar-refractivity contribution in [2.24, 2.45) is 0 Å². The van der Waals surface area contributed by atoms with Crippen molar-refractivity contribution >= 4 is 23.0 Å². The van der Waals surface area contributed by atoms with Crippen molar-refractivity contribution in [3.05, 3.63) is 48.0 Å². The van der Waals surface area contributed by atoms with Gasteiger partial charge in [-0.1, -0.05) is 0 Å². The maximum Gasteiger partial charge on any atom is 0.330 e. The molecule has 0 unspecified atom stereocenters. The Morgan fingerprint density at radius 3 is 2.73 bits per heavy atom. The van der Waals surface area contributed by atoms with Crippen LogP contribution in [0.25, 0.3) is 28.4 Å². The Kier molecular flexibility index (Phi) is 4.01. The lowest BCUT2D eigenvalue weighted by atomic mass is 10.1. The second-order valence-electron chi connectivity index (χ2n) is 5.68. The van der Waals surface area contributed by atoms with Gasteiger partial charge in [0.25, 0.3) is 0 Å². The normalized spacial score (nSPS) is 12.7. The first-order valence-electron chi connectivity index (χ1n) is 7.95. The minimum Gasteiger partial charge on any atom is -0.493 e. The maximum absolute atomic E-state index is 11.3. The molecule has 2 heterocycles. The first-order chi connectivity index (χ1) is 12.7. The van der Waals surface area contributed by atoms with Gasteiger partial charge in [-0.05, 0) is 48.0 Å². The van der Waals surface area contributed by atoms with E-state index in [0.29, 0.717) is 22.8 Å². The van der Waals surface area contributed by atoms with Gasteiger partial charge in [0.2, 0.25) is 6.79 Å². The molecule has 26 heavy (non-hydrogen) atoms. The monoisotopic (exact) mass is 352 g/mol. The molecule has 3 aromatic rings. The van der Waals surface area contributed by atoms with Crippen LogP contribution in [0, 0.1) is 0 Å². The van der Waals surface area contributed by atoms with Crippen molar-refractivity contribution in [1.29, 1.82) is 0 Å². The molecule has 0 N–H and O–H groups in total. The fourth-order valence-electron chi connectivity index (χ4n) is 2.82. The number of ether oxygens (including phenoxy) is 4. The SMILES string of the molecule is COC(=O)/C=C/c1cc(OC)c2oc(-c3ccc4c(c3)OCO4)cc2c1. The van der Waals surface area contributed by atoms with Crippen LogP contribution in [0.15, 0.2) is 46.9 Å². The molecular formula is C20H16O6. The summed E-state index contributed by atoms with van der Waals surface area (Å²) in [7, 11) is 2.91. The zero-order valence-corrected chi connectivity index (χ0v) is 14.3. The Bertz CT molecular complexity index is 1010. The summed E-state index contributed by atoms with van der Waals surface area (Å²) in [5, 5.41) is 0.863. The molecular weight excluding hydrogens is 336 g/mol. The average Bonchev–Trinajstić information content (AvgIpc) is 3.31. The molecule has 1 aliphatic rings. The summed E-state index contributed by atoms with van der Waals surface area (Å²) in [6.07, 6.45) is 3.03. The van der Waals surface area contributed by atoms with E-state index >= 15 is 0 Å². The first kappa shape index (κ1) is 16.1. The van der Waals surface area contributed by atoms with Crippen LogP contribution < -0.4 is 14.2 Å². The zero-order chi connectivity index (χ0) is 18.1. The van der Waals surface area contributed by atoms with Gasteiger partial charge in [0.1, 0.15) is 5.76 Å². The van der Waals surface area contributed by atoms with Crippen molar-refractivity contribution in [2.75, 3.05) is 21.0 Å². The molecule has 6 nitrogen and oxygen atoms in total. The lowest BCUT2D eigenvalue weighted by Crippen LogP contribution is -1.93. The Morgan fingerprint density at radius 1 is 1.08 bits per heavy atom. The molecule has 4 rings (SSSR count). The summed E-state index contributed by atoms with van der Waals surface area (Å²) in [5.41, 5.74) is 2.31. The highest BCUT2D eigenvalue weighted by atomic mass is 16.7. The molecule has 0 fully saturated rings. The van der Waals surface area contributed by atoms with Crippen LogP contribution in [0.3, 0.4) is 0 Å². The number of hydrogen-bond donors (Lipinski definition) is 0. The minimum atomic E-state index is -0.419. The molecule has 0 amide bonds. The predicted octanol–water partition coefficient (Wildman–Crippen LogP) is 4.02. The molecule has 1 aliphatic heterocycles. The van der Waals surface area contributed by atoms with Crippen LogP contribution in [-0.2, 0) is 9.53 Å². The molecule has 0 bridgehead atoms.